The number of carboxylic acids is 1. The summed E-state index contributed by atoms with van der Waals surface area (Å²) in [5.74, 6) is -0.907. The molecule has 17 heavy (non-hydrogen) atoms. The average molecular weight is 242 g/mol. The Balaban J connectivity index is 2.52. The first-order valence-electron chi connectivity index (χ1n) is 6.66. The first-order valence-corrected chi connectivity index (χ1v) is 6.66. The van der Waals surface area contributed by atoms with Crippen LogP contribution in [-0.2, 0) is 4.79 Å². The average Bonchev–Trinajstić information content (AvgIpc) is 3.01. The van der Waals surface area contributed by atoms with E-state index in [0.717, 1.165) is 6.54 Å². The van der Waals surface area contributed by atoms with Crippen molar-refractivity contribution in [3.05, 3.63) is 0 Å². The van der Waals surface area contributed by atoms with Crippen LogP contribution in [-0.4, -0.2) is 40.1 Å². The van der Waals surface area contributed by atoms with Gasteiger partial charge in [-0.2, -0.15) is 0 Å². The van der Waals surface area contributed by atoms with Gasteiger partial charge in [-0.05, 0) is 46.1 Å². The van der Waals surface area contributed by atoms with E-state index in [9.17, 15) is 4.79 Å². The van der Waals surface area contributed by atoms with Crippen molar-refractivity contribution in [3.8, 4) is 0 Å². The summed E-state index contributed by atoms with van der Waals surface area (Å²) in [6, 6.07) is 0.918. The molecule has 3 N–H and O–H groups in total. The second kappa shape index (κ2) is 5.83. The largest absolute Gasteiger partial charge is 0.480 e. The maximum atomic E-state index is 11.0. The highest BCUT2D eigenvalue weighted by Gasteiger charge is 2.36. The lowest BCUT2D eigenvalue weighted by Gasteiger charge is -2.33. The minimum Gasteiger partial charge on any atom is -0.480 e. The summed E-state index contributed by atoms with van der Waals surface area (Å²) in [5.41, 5.74) is 4.71. The molecule has 1 aliphatic rings. The Bertz CT molecular complexity index is 262. The zero-order valence-corrected chi connectivity index (χ0v) is 11.3. The highest BCUT2D eigenvalue weighted by atomic mass is 16.4. The first kappa shape index (κ1) is 14.5. The lowest BCUT2D eigenvalue weighted by atomic mass is 9.94. The maximum Gasteiger partial charge on any atom is 0.323 e. The predicted octanol–water partition coefficient (Wildman–Crippen LogP) is 1.83. The van der Waals surface area contributed by atoms with Crippen LogP contribution >= 0.6 is 0 Å². The van der Waals surface area contributed by atoms with Gasteiger partial charge in [0.2, 0.25) is 0 Å². The third-order valence-corrected chi connectivity index (χ3v) is 3.56. The van der Waals surface area contributed by atoms with E-state index >= 15 is 0 Å². The smallest absolute Gasteiger partial charge is 0.323 e. The van der Waals surface area contributed by atoms with Crippen LogP contribution in [0.4, 0.5) is 0 Å². The minimum absolute atomic E-state index is 0.250. The van der Waals surface area contributed by atoms with Crippen LogP contribution in [0.3, 0.4) is 0 Å². The zero-order chi connectivity index (χ0) is 13.1. The van der Waals surface area contributed by atoms with E-state index in [4.69, 9.17) is 10.8 Å². The fourth-order valence-corrected chi connectivity index (χ4v) is 2.33. The quantitative estimate of drug-likeness (QED) is 0.681. The highest BCUT2D eigenvalue weighted by molar-refractivity contribution is 5.77. The molecule has 2 unspecified atom stereocenters. The summed E-state index contributed by atoms with van der Waals surface area (Å²) in [6.45, 7) is 6.96. The molecule has 0 aromatic rings. The Labute approximate surface area is 104 Å². The number of hydrogen-bond acceptors (Lipinski definition) is 3. The van der Waals surface area contributed by atoms with Crippen LogP contribution in [0.15, 0.2) is 0 Å². The number of nitrogens with two attached hydrogens (primary N) is 1. The molecule has 2 atom stereocenters. The van der Waals surface area contributed by atoms with Gasteiger partial charge >= 0.3 is 5.97 Å². The fraction of sp³-hybridized carbons (Fsp3) is 0.923. The number of carboxylic acid groups (broad SMARTS) is 1. The second-order valence-electron chi connectivity index (χ2n) is 5.60. The van der Waals surface area contributed by atoms with E-state index in [1.165, 1.54) is 25.7 Å². The first-order chi connectivity index (χ1) is 7.88. The molecule has 4 nitrogen and oxygen atoms in total. The zero-order valence-electron chi connectivity index (χ0n) is 11.3. The molecule has 1 aliphatic carbocycles. The minimum atomic E-state index is -1.11. The maximum absolute atomic E-state index is 11.0. The van der Waals surface area contributed by atoms with Gasteiger partial charge in [0, 0.05) is 12.1 Å². The number of carbonyl (C=O) groups is 1. The third-order valence-electron chi connectivity index (χ3n) is 3.56. The molecule has 0 saturated heterocycles. The van der Waals surface area contributed by atoms with Gasteiger partial charge in [0.25, 0.3) is 0 Å². The van der Waals surface area contributed by atoms with Gasteiger partial charge in [-0.25, -0.2) is 0 Å². The molecule has 0 bridgehead atoms. The monoisotopic (exact) mass is 242 g/mol. The van der Waals surface area contributed by atoms with Crippen LogP contribution < -0.4 is 5.73 Å². The van der Waals surface area contributed by atoms with E-state index < -0.39 is 11.5 Å². The van der Waals surface area contributed by atoms with Gasteiger partial charge in [0.15, 0.2) is 0 Å². The van der Waals surface area contributed by atoms with Gasteiger partial charge in [0.1, 0.15) is 5.54 Å². The van der Waals surface area contributed by atoms with E-state index in [2.05, 4.69) is 18.7 Å². The third kappa shape index (κ3) is 4.28. The Morgan fingerprint density at radius 3 is 2.59 bits per heavy atom. The van der Waals surface area contributed by atoms with E-state index in [1.807, 2.05) is 0 Å². The number of rotatable bonds is 8. The molecular weight excluding hydrogens is 216 g/mol. The van der Waals surface area contributed by atoms with E-state index in [-0.39, 0.29) is 6.04 Å². The van der Waals surface area contributed by atoms with Crippen molar-refractivity contribution in [1.29, 1.82) is 0 Å². The van der Waals surface area contributed by atoms with Gasteiger partial charge in [0.05, 0.1) is 0 Å². The molecule has 0 aromatic carbocycles. The predicted molar refractivity (Wildman–Crippen MR) is 68.9 cm³/mol. The Hall–Kier alpha value is -0.610. The van der Waals surface area contributed by atoms with Crippen molar-refractivity contribution >= 4 is 5.97 Å². The van der Waals surface area contributed by atoms with Crippen molar-refractivity contribution in [1.82, 2.24) is 4.90 Å². The van der Waals surface area contributed by atoms with E-state index in [0.29, 0.717) is 12.5 Å². The molecule has 0 aliphatic heterocycles. The fourth-order valence-electron chi connectivity index (χ4n) is 2.33. The molecule has 0 spiro atoms. The van der Waals surface area contributed by atoms with Gasteiger partial charge < -0.3 is 10.8 Å². The van der Waals surface area contributed by atoms with Crippen LogP contribution in [0, 0.1) is 0 Å². The molecule has 0 radical (unpaired) electrons. The molecule has 100 valence electrons. The van der Waals surface area contributed by atoms with Crippen LogP contribution in [0.2, 0.25) is 0 Å². The molecule has 1 rings (SSSR count). The van der Waals surface area contributed by atoms with Crippen molar-refractivity contribution in [2.24, 2.45) is 5.73 Å². The molecule has 4 heteroatoms. The molecule has 0 aromatic heterocycles. The standard InChI is InChI=1S/C13H26N2O2/c1-4-5-8-15(11-6-7-11)10(2)9-13(3,14)12(16)17/h10-11H,4-9,14H2,1-3H3,(H,16,17). The summed E-state index contributed by atoms with van der Waals surface area (Å²) in [7, 11) is 0. The van der Waals surface area contributed by atoms with Gasteiger partial charge in [-0.3, -0.25) is 9.69 Å². The van der Waals surface area contributed by atoms with Crippen molar-refractivity contribution in [2.45, 2.75) is 70.5 Å². The Morgan fingerprint density at radius 1 is 1.59 bits per heavy atom. The van der Waals surface area contributed by atoms with Gasteiger partial charge in [-0.15, -0.1) is 0 Å². The second-order valence-corrected chi connectivity index (χ2v) is 5.60. The van der Waals surface area contributed by atoms with Gasteiger partial charge in [-0.1, -0.05) is 13.3 Å². The Kier molecular flexibility index (Phi) is 4.95. The molecule has 1 saturated carbocycles. The summed E-state index contributed by atoms with van der Waals surface area (Å²) in [4.78, 5) is 13.5. The summed E-state index contributed by atoms with van der Waals surface area (Å²) in [5, 5.41) is 9.06. The SMILES string of the molecule is CCCCN(C(C)CC(C)(N)C(=O)O)C1CC1. The highest BCUT2D eigenvalue weighted by Crippen LogP contribution is 2.30. The molecular formula is C13H26N2O2. The normalized spacial score (nSPS) is 21.2. The lowest BCUT2D eigenvalue weighted by Crippen LogP contribution is -2.50. The lowest BCUT2D eigenvalue weighted by molar-refractivity contribution is -0.143. The summed E-state index contributed by atoms with van der Waals surface area (Å²) < 4.78 is 0. The van der Waals surface area contributed by atoms with E-state index in [1.54, 1.807) is 6.92 Å². The molecule has 0 amide bonds. The number of aliphatic carboxylic acids is 1. The van der Waals surface area contributed by atoms with Crippen molar-refractivity contribution in [3.63, 3.8) is 0 Å². The molecule has 0 heterocycles. The van der Waals surface area contributed by atoms with Crippen LogP contribution in [0.1, 0.15) is 52.9 Å². The number of unbranched alkanes of at least 4 members (excludes halogenated alkanes) is 1. The van der Waals surface area contributed by atoms with Crippen LogP contribution in [0.5, 0.6) is 0 Å². The summed E-state index contributed by atoms with van der Waals surface area (Å²) >= 11 is 0. The summed E-state index contributed by atoms with van der Waals surface area (Å²) in [6.07, 6.45) is 5.37. The Morgan fingerprint density at radius 2 is 2.18 bits per heavy atom. The van der Waals surface area contributed by atoms with Crippen LogP contribution in [0.25, 0.3) is 0 Å². The van der Waals surface area contributed by atoms with Crippen molar-refractivity contribution < 1.29 is 9.90 Å². The topological polar surface area (TPSA) is 66.6 Å². The molecule has 1 fully saturated rings. The van der Waals surface area contributed by atoms with Crippen molar-refractivity contribution in [2.75, 3.05) is 6.54 Å². The number of hydrogen-bond donors (Lipinski definition) is 2. The number of nitrogens with zero attached hydrogens (tertiary/aromatic N) is 1.